The molecule has 6 rings (SSSR count). The minimum atomic E-state index is -2.66. The van der Waals surface area contributed by atoms with Gasteiger partial charge >= 0.3 is 6.09 Å². The number of halogens is 3. The Bertz CT molecular complexity index is 1530. The SMILES string of the molecule is CCCCOC(=O)N1CCc2cc(C(F)F)cc(OCC3=C[C@@H](n4ccc5c(Cl)ncnc54)[C@@H]4OC(C)(C)O[C@H]34)c2C1. The summed E-state index contributed by atoms with van der Waals surface area (Å²) in [6, 6.07) is 4.47. The van der Waals surface area contributed by atoms with Gasteiger partial charge in [0, 0.05) is 23.9 Å². The summed E-state index contributed by atoms with van der Waals surface area (Å²) in [5.74, 6) is -0.519. The largest absolute Gasteiger partial charge is 0.489 e. The van der Waals surface area contributed by atoms with Crippen molar-refractivity contribution in [2.24, 2.45) is 0 Å². The minimum Gasteiger partial charge on any atom is -0.489 e. The Balaban J connectivity index is 1.28. The Morgan fingerprint density at radius 2 is 2.10 bits per heavy atom. The van der Waals surface area contributed by atoms with E-state index < -0.39 is 24.4 Å². The molecule has 3 atom stereocenters. The van der Waals surface area contributed by atoms with Crippen LogP contribution in [0.25, 0.3) is 11.0 Å². The van der Waals surface area contributed by atoms with Crippen LogP contribution in [0.4, 0.5) is 13.6 Å². The molecule has 0 unspecified atom stereocenters. The summed E-state index contributed by atoms with van der Waals surface area (Å²) in [5, 5.41) is 1.08. The Kier molecular flexibility index (Phi) is 7.84. The zero-order valence-corrected chi connectivity index (χ0v) is 24.4. The van der Waals surface area contributed by atoms with Gasteiger partial charge in [0.15, 0.2) is 5.79 Å². The number of ether oxygens (including phenoxy) is 4. The van der Waals surface area contributed by atoms with Gasteiger partial charge in [-0.25, -0.2) is 23.5 Å². The smallest absolute Gasteiger partial charge is 0.410 e. The molecular weight excluding hydrogens is 570 g/mol. The Labute approximate surface area is 247 Å². The summed E-state index contributed by atoms with van der Waals surface area (Å²) in [6.45, 7) is 6.76. The van der Waals surface area contributed by atoms with E-state index in [0.717, 1.165) is 29.4 Å². The number of rotatable bonds is 8. The first-order chi connectivity index (χ1) is 20.1. The van der Waals surface area contributed by atoms with E-state index in [9.17, 15) is 13.6 Å². The Morgan fingerprint density at radius 3 is 2.88 bits per heavy atom. The van der Waals surface area contributed by atoms with Gasteiger partial charge in [-0.05, 0) is 56.0 Å². The molecule has 224 valence electrons. The number of aromatic nitrogens is 3. The number of unbranched alkanes of at least 4 members (excludes halogenated alkanes) is 1. The number of carbonyl (C=O) groups excluding carboxylic acids is 1. The monoisotopic (exact) mass is 602 g/mol. The third-order valence-corrected chi connectivity index (χ3v) is 8.25. The molecule has 1 saturated heterocycles. The van der Waals surface area contributed by atoms with E-state index in [1.54, 1.807) is 4.90 Å². The Hall–Kier alpha value is -3.28. The van der Waals surface area contributed by atoms with Crippen LogP contribution in [0.1, 0.15) is 62.8 Å². The van der Waals surface area contributed by atoms with Crippen LogP contribution in [-0.2, 0) is 27.2 Å². The second kappa shape index (κ2) is 11.4. The molecule has 2 aromatic heterocycles. The lowest BCUT2D eigenvalue weighted by atomic mass is 9.96. The van der Waals surface area contributed by atoms with Crippen LogP contribution in [0.15, 0.2) is 42.4 Å². The van der Waals surface area contributed by atoms with Gasteiger partial charge in [-0.1, -0.05) is 31.0 Å². The lowest BCUT2D eigenvalue weighted by Crippen LogP contribution is -2.37. The molecule has 42 heavy (non-hydrogen) atoms. The molecule has 9 nitrogen and oxygen atoms in total. The van der Waals surface area contributed by atoms with Gasteiger partial charge in [-0.2, -0.15) is 0 Å². The van der Waals surface area contributed by atoms with Crippen LogP contribution in [0, 0.1) is 0 Å². The lowest BCUT2D eigenvalue weighted by molar-refractivity contribution is -0.148. The second-order valence-electron chi connectivity index (χ2n) is 11.3. The maximum atomic E-state index is 13.9. The van der Waals surface area contributed by atoms with Crippen molar-refractivity contribution in [2.75, 3.05) is 19.8 Å². The average Bonchev–Trinajstić information content (AvgIpc) is 3.62. The zero-order valence-electron chi connectivity index (χ0n) is 23.7. The van der Waals surface area contributed by atoms with Crippen LogP contribution < -0.4 is 4.74 Å². The van der Waals surface area contributed by atoms with Crippen molar-refractivity contribution >= 4 is 28.7 Å². The van der Waals surface area contributed by atoms with Crippen LogP contribution in [0.3, 0.4) is 0 Å². The minimum absolute atomic E-state index is 0.0894. The van der Waals surface area contributed by atoms with Crippen molar-refractivity contribution in [3.05, 3.63) is 64.2 Å². The average molecular weight is 603 g/mol. The summed E-state index contributed by atoms with van der Waals surface area (Å²) in [6.07, 6.45) is 3.59. The predicted octanol–water partition coefficient (Wildman–Crippen LogP) is 6.40. The molecule has 0 radical (unpaired) electrons. The van der Waals surface area contributed by atoms with Crippen LogP contribution >= 0.6 is 11.6 Å². The van der Waals surface area contributed by atoms with Crippen LogP contribution in [0.2, 0.25) is 5.15 Å². The van der Waals surface area contributed by atoms with E-state index in [0.29, 0.717) is 41.7 Å². The fraction of sp³-hybridized carbons (Fsp3) is 0.500. The maximum Gasteiger partial charge on any atom is 0.410 e. The molecule has 0 bridgehead atoms. The first-order valence-corrected chi connectivity index (χ1v) is 14.5. The molecule has 3 aromatic rings. The number of carbonyl (C=O) groups is 1. The van der Waals surface area contributed by atoms with E-state index in [-0.39, 0.29) is 30.9 Å². The van der Waals surface area contributed by atoms with E-state index >= 15 is 0 Å². The number of nitrogens with zero attached hydrogens (tertiary/aromatic N) is 4. The molecule has 1 aliphatic carbocycles. The fourth-order valence-corrected chi connectivity index (χ4v) is 6.10. The van der Waals surface area contributed by atoms with Crippen molar-refractivity contribution in [2.45, 2.75) is 77.0 Å². The van der Waals surface area contributed by atoms with E-state index in [4.69, 9.17) is 30.5 Å². The van der Waals surface area contributed by atoms with Gasteiger partial charge < -0.3 is 28.4 Å². The summed E-state index contributed by atoms with van der Waals surface area (Å²) < 4.78 is 53.9. The highest BCUT2D eigenvalue weighted by atomic mass is 35.5. The molecule has 0 saturated carbocycles. The van der Waals surface area contributed by atoms with Crippen molar-refractivity contribution in [1.29, 1.82) is 0 Å². The van der Waals surface area contributed by atoms with E-state index in [2.05, 4.69) is 9.97 Å². The number of hydrogen-bond acceptors (Lipinski definition) is 7. The van der Waals surface area contributed by atoms with Gasteiger partial charge in [0.1, 0.15) is 41.7 Å². The molecule has 0 N–H and O–H groups in total. The highest BCUT2D eigenvalue weighted by molar-refractivity contribution is 6.33. The number of benzene rings is 1. The first kappa shape index (κ1) is 28.8. The van der Waals surface area contributed by atoms with Crippen molar-refractivity contribution < 1.29 is 32.5 Å². The van der Waals surface area contributed by atoms with Crippen molar-refractivity contribution in [3.63, 3.8) is 0 Å². The molecule has 1 aromatic carbocycles. The summed E-state index contributed by atoms with van der Waals surface area (Å²) >= 11 is 6.29. The normalized spacial score (nSPS) is 22.8. The third kappa shape index (κ3) is 5.45. The molecule has 1 amide bonds. The molecule has 2 aliphatic heterocycles. The molecule has 3 aliphatic rings. The number of amides is 1. The number of hydrogen-bond donors (Lipinski definition) is 0. The maximum absolute atomic E-state index is 13.9. The topological polar surface area (TPSA) is 87.9 Å². The molecule has 1 fully saturated rings. The summed E-state index contributed by atoms with van der Waals surface area (Å²) in [7, 11) is 0. The lowest BCUT2D eigenvalue weighted by Gasteiger charge is -2.30. The summed E-state index contributed by atoms with van der Waals surface area (Å²) in [5.41, 5.74) is 2.82. The number of fused-ring (bicyclic) bond motifs is 3. The van der Waals surface area contributed by atoms with Gasteiger partial charge in [0.25, 0.3) is 6.43 Å². The van der Waals surface area contributed by atoms with Crippen LogP contribution in [-0.4, -0.2) is 63.3 Å². The first-order valence-electron chi connectivity index (χ1n) is 14.2. The molecule has 0 spiro atoms. The van der Waals surface area contributed by atoms with Gasteiger partial charge in [-0.3, -0.25) is 0 Å². The van der Waals surface area contributed by atoms with Crippen LogP contribution in [0.5, 0.6) is 5.75 Å². The predicted molar refractivity (Wildman–Crippen MR) is 151 cm³/mol. The molecule has 4 heterocycles. The van der Waals surface area contributed by atoms with E-state index in [1.807, 2.05) is 43.7 Å². The quantitative estimate of drug-likeness (QED) is 0.168. The Morgan fingerprint density at radius 1 is 1.26 bits per heavy atom. The van der Waals surface area contributed by atoms with E-state index in [1.165, 1.54) is 18.5 Å². The fourth-order valence-electron chi connectivity index (χ4n) is 5.91. The third-order valence-electron chi connectivity index (χ3n) is 7.95. The van der Waals surface area contributed by atoms with Gasteiger partial charge in [-0.15, -0.1) is 0 Å². The van der Waals surface area contributed by atoms with Gasteiger partial charge in [0.05, 0.1) is 24.6 Å². The van der Waals surface area contributed by atoms with Crippen molar-refractivity contribution in [1.82, 2.24) is 19.4 Å². The number of alkyl halides is 2. The standard InChI is InChI=1S/C30H33ClF2N4O5/c1-4-5-10-39-29(38)36-8-6-17-11-18(27(32)33)13-23(21(17)14-36)40-15-19-12-22(25-24(19)41-30(2,3)42-25)37-9-7-20-26(31)34-16-35-28(20)37/h7,9,11-13,16,22,24-25,27H,4-6,8,10,14-15H2,1-3H3/t22-,24-,25+/m1/s1. The highest BCUT2D eigenvalue weighted by Gasteiger charge is 2.51. The van der Waals surface area contributed by atoms with Gasteiger partial charge in [0.2, 0.25) is 0 Å². The zero-order chi connectivity index (χ0) is 29.6. The molecular formula is C30H33ClF2N4O5. The molecule has 12 heteroatoms. The van der Waals surface area contributed by atoms with Crippen molar-refractivity contribution in [3.8, 4) is 5.75 Å². The highest BCUT2D eigenvalue weighted by Crippen LogP contribution is 2.45. The summed E-state index contributed by atoms with van der Waals surface area (Å²) in [4.78, 5) is 22.8. The second-order valence-corrected chi connectivity index (χ2v) is 11.6.